The number of rotatable bonds is 6. The molecule has 1 aromatic carbocycles. The summed E-state index contributed by atoms with van der Waals surface area (Å²) in [6.45, 7) is 5.50. The second kappa shape index (κ2) is 7.05. The van der Waals surface area contributed by atoms with Crippen LogP contribution in [0.3, 0.4) is 0 Å². The molecule has 1 N–H and O–H groups in total. The number of benzene rings is 1. The first kappa shape index (κ1) is 13.8. The Labute approximate surface area is 115 Å². The highest BCUT2D eigenvalue weighted by Crippen LogP contribution is 2.20. The van der Waals surface area contributed by atoms with Crippen molar-refractivity contribution in [1.82, 2.24) is 10.3 Å². The van der Waals surface area contributed by atoms with Gasteiger partial charge in [0.25, 0.3) is 0 Å². The minimum atomic E-state index is 0.177. The van der Waals surface area contributed by atoms with E-state index in [0.717, 1.165) is 12.2 Å². The molecule has 100 valence electrons. The molecule has 0 saturated heterocycles. The first-order valence-corrected chi connectivity index (χ1v) is 7.00. The molecule has 0 bridgehead atoms. The van der Waals surface area contributed by atoms with Crippen LogP contribution in [0.4, 0.5) is 0 Å². The van der Waals surface area contributed by atoms with Crippen molar-refractivity contribution in [1.29, 1.82) is 0 Å². The summed E-state index contributed by atoms with van der Waals surface area (Å²) in [6, 6.07) is 16.8. The summed E-state index contributed by atoms with van der Waals surface area (Å²) in [5, 5.41) is 3.64. The molecule has 0 aliphatic rings. The number of nitrogens with zero attached hydrogens (tertiary/aromatic N) is 1. The molecular formula is C17H22N2. The maximum Gasteiger partial charge on any atom is 0.0751 e. The van der Waals surface area contributed by atoms with Crippen LogP contribution in [0.15, 0.2) is 54.7 Å². The fourth-order valence-electron chi connectivity index (χ4n) is 2.05. The van der Waals surface area contributed by atoms with Gasteiger partial charge >= 0.3 is 0 Å². The van der Waals surface area contributed by atoms with Gasteiger partial charge in [0, 0.05) is 6.20 Å². The molecule has 0 fully saturated rings. The molecule has 2 heteroatoms. The molecule has 0 aliphatic carbocycles. The van der Waals surface area contributed by atoms with Gasteiger partial charge in [0.1, 0.15) is 0 Å². The van der Waals surface area contributed by atoms with Gasteiger partial charge in [0.05, 0.1) is 11.7 Å². The first-order chi connectivity index (χ1) is 9.31. The van der Waals surface area contributed by atoms with Crippen molar-refractivity contribution in [2.45, 2.75) is 26.3 Å². The second-order valence-electron chi connectivity index (χ2n) is 5.02. The molecule has 2 aromatic rings. The molecule has 19 heavy (non-hydrogen) atoms. The lowest BCUT2D eigenvalue weighted by molar-refractivity contribution is 0.469. The van der Waals surface area contributed by atoms with Gasteiger partial charge in [-0.2, -0.15) is 0 Å². The van der Waals surface area contributed by atoms with E-state index in [1.165, 1.54) is 12.0 Å². The quantitative estimate of drug-likeness (QED) is 0.848. The van der Waals surface area contributed by atoms with Gasteiger partial charge in [-0.15, -0.1) is 0 Å². The van der Waals surface area contributed by atoms with Crippen LogP contribution in [-0.2, 0) is 0 Å². The van der Waals surface area contributed by atoms with E-state index in [-0.39, 0.29) is 6.04 Å². The summed E-state index contributed by atoms with van der Waals surface area (Å²) in [5.41, 5.74) is 2.35. The molecule has 0 spiro atoms. The predicted octanol–water partition coefficient (Wildman–Crippen LogP) is 3.81. The Balaban J connectivity index is 2.19. The predicted molar refractivity (Wildman–Crippen MR) is 80.0 cm³/mol. The van der Waals surface area contributed by atoms with E-state index < -0.39 is 0 Å². The number of hydrogen-bond acceptors (Lipinski definition) is 2. The van der Waals surface area contributed by atoms with Crippen molar-refractivity contribution in [2.24, 2.45) is 5.92 Å². The second-order valence-corrected chi connectivity index (χ2v) is 5.02. The van der Waals surface area contributed by atoms with Gasteiger partial charge in [-0.3, -0.25) is 4.98 Å². The largest absolute Gasteiger partial charge is 0.305 e. The third kappa shape index (κ3) is 3.90. The van der Waals surface area contributed by atoms with Gasteiger partial charge in [0.2, 0.25) is 0 Å². The van der Waals surface area contributed by atoms with Crippen molar-refractivity contribution in [2.75, 3.05) is 6.54 Å². The fraction of sp³-hybridized carbons (Fsp3) is 0.353. The summed E-state index contributed by atoms with van der Waals surface area (Å²) in [6.07, 6.45) is 3.05. The minimum absolute atomic E-state index is 0.177. The molecule has 0 saturated carbocycles. The number of hydrogen-bond donors (Lipinski definition) is 1. The van der Waals surface area contributed by atoms with E-state index in [4.69, 9.17) is 0 Å². The third-order valence-electron chi connectivity index (χ3n) is 3.48. The highest BCUT2D eigenvalue weighted by molar-refractivity contribution is 5.27. The van der Waals surface area contributed by atoms with Crippen molar-refractivity contribution in [3.8, 4) is 0 Å². The fourth-order valence-corrected chi connectivity index (χ4v) is 2.05. The summed E-state index contributed by atoms with van der Waals surface area (Å²) >= 11 is 0. The maximum atomic E-state index is 4.50. The van der Waals surface area contributed by atoms with Crippen LogP contribution in [0.25, 0.3) is 0 Å². The van der Waals surface area contributed by atoms with Gasteiger partial charge in [-0.1, -0.05) is 56.7 Å². The first-order valence-electron chi connectivity index (χ1n) is 7.00. The zero-order chi connectivity index (χ0) is 13.5. The van der Waals surface area contributed by atoms with Crippen LogP contribution >= 0.6 is 0 Å². The van der Waals surface area contributed by atoms with E-state index >= 15 is 0 Å². The Morgan fingerprint density at radius 3 is 2.42 bits per heavy atom. The van der Waals surface area contributed by atoms with Crippen molar-refractivity contribution in [3.05, 3.63) is 66.0 Å². The normalized spacial score (nSPS) is 14.0. The van der Waals surface area contributed by atoms with E-state index in [0.29, 0.717) is 5.92 Å². The van der Waals surface area contributed by atoms with Gasteiger partial charge in [-0.05, 0) is 30.2 Å². The smallest absolute Gasteiger partial charge is 0.0751 e. The van der Waals surface area contributed by atoms with Crippen LogP contribution < -0.4 is 5.32 Å². The number of nitrogens with one attached hydrogen (secondary N) is 1. The average molecular weight is 254 g/mol. The van der Waals surface area contributed by atoms with E-state index in [9.17, 15) is 0 Å². The lowest BCUT2D eigenvalue weighted by Gasteiger charge is -2.21. The Kier molecular flexibility index (Phi) is 5.10. The molecule has 0 aliphatic heterocycles. The van der Waals surface area contributed by atoms with E-state index in [2.05, 4.69) is 54.5 Å². The summed E-state index contributed by atoms with van der Waals surface area (Å²) in [4.78, 5) is 4.50. The minimum Gasteiger partial charge on any atom is -0.305 e. The Morgan fingerprint density at radius 1 is 1.05 bits per heavy atom. The standard InChI is InChI=1S/C17H22N2/c1-3-14(2)13-19-17(15-9-5-4-6-10-15)16-11-7-8-12-18-16/h4-12,14,17,19H,3,13H2,1-2H3. The van der Waals surface area contributed by atoms with Crippen molar-refractivity contribution >= 4 is 0 Å². The molecule has 0 radical (unpaired) electrons. The van der Waals surface area contributed by atoms with Crippen LogP contribution in [0.5, 0.6) is 0 Å². The lowest BCUT2D eigenvalue weighted by atomic mass is 10.0. The third-order valence-corrected chi connectivity index (χ3v) is 3.48. The molecule has 2 atom stereocenters. The molecule has 1 heterocycles. The Morgan fingerprint density at radius 2 is 1.79 bits per heavy atom. The van der Waals surface area contributed by atoms with E-state index in [1.54, 1.807) is 0 Å². The van der Waals surface area contributed by atoms with E-state index in [1.807, 2.05) is 24.4 Å². The van der Waals surface area contributed by atoms with Crippen LogP contribution in [-0.4, -0.2) is 11.5 Å². The molecule has 0 amide bonds. The SMILES string of the molecule is CCC(C)CNC(c1ccccc1)c1ccccn1. The number of aromatic nitrogens is 1. The van der Waals surface area contributed by atoms with Gasteiger partial charge < -0.3 is 5.32 Å². The molecule has 1 aromatic heterocycles. The lowest BCUT2D eigenvalue weighted by Crippen LogP contribution is -2.27. The Hall–Kier alpha value is -1.67. The molecule has 2 nitrogen and oxygen atoms in total. The van der Waals surface area contributed by atoms with Gasteiger partial charge in [-0.25, -0.2) is 0 Å². The van der Waals surface area contributed by atoms with Crippen molar-refractivity contribution < 1.29 is 0 Å². The summed E-state index contributed by atoms with van der Waals surface area (Å²) in [7, 11) is 0. The van der Waals surface area contributed by atoms with Crippen LogP contribution in [0.2, 0.25) is 0 Å². The molecule has 2 unspecified atom stereocenters. The molecular weight excluding hydrogens is 232 g/mol. The van der Waals surface area contributed by atoms with Crippen LogP contribution in [0.1, 0.15) is 37.6 Å². The summed E-state index contributed by atoms with van der Waals surface area (Å²) < 4.78 is 0. The average Bonchev–Trinajstić information content (AvgIpc) is 2.49. The monoisotopic (exact) mass is 254 g/mol. The Bertz CT molecular complexity index is 428. The summed E-state index contributed by atoms with van der Waals surface area (Å²) in [5.74, 6) is 0.676. The van der Waals surface area contributed by atoms with Crippen molar-refractivity contribution in [3.63, 3.8) is 0 Å². The topological polar surface area (TPSA) is 24.9 Å². The highest BCUT2D eigenvalue weighted by Gasteiger charge is 2.14. The highest BCUT2D eigenvalue weighted by atomic mass is 14.9. The van der Waals surface area contributed by atoms with Crippen LogP contribution in [0, 0.1) is 5.92 Å². The zero-order valence-corrected chi connectivity index (χ0v) is 11.7. The number of pyridine rings is 1. The maximum absolute atomic E-state index is 4.50. The van der Waals surface area contributed by atoms with Gasteiger partial charge in [0.15, 0.2) is 0 Å². The zero-order valence-electron chi connectivity index (χ0n) is 11.7. The molecule has 2 rings (SSSR count).